The number of carbonyl (C=O) groups is 2. The summed E-state index contributed by atoms with van der Waals surface area (Å²) in [7, 11) is 1.28. The van der Waals surface area contributed by atoms with Crippen molar-refractivity contribution in [3.05, 3.63) is 0 Å². The van der Waals surface area contributed by atoms with Gasteiger partial charge in [0.25, 0.3) is 0 Å². The quantitative estimate of drug-likeness (QED) is 0.733. The number of rotatable bonds is 4. The van der Waals surface area contributed by atoms with Gasteiger partial charge in [-0.2, -0.15) is 0 Å². The Morgan fingerprint density at radius 2 is 2.26 bits per heavy atom. The van der Waals surface area contributed by atoms with E-state index in [1.54, 1.807) is 4.90 Å². The monoisotopic (exact) mass is 320 g/mol. The first-order chi connectivity index (χ1) is 11.0. The summed E-state index contributed by atoms with van der Waals surface area (Å²) in [5.41, 5.74) is 0. The van der Waals surface area contributed by atoms with Crippen molar-refractivity contribution in [3.8, 4) is 12.3 Å². The number of methoxy groups -OCH3 is 1. The van der Waals surface area contributed by atoms with E-state index in [1.165, 1.54) is 7.11 Å². The lowest BCUT2D eigenvalue weighted by Crippen LogP contribution is -2.55. The van der Waals surface area contributed by atoms with E-state index >= 15 is 0 Å². The van der Waals surface area contributed by atoms with Crippen molar-refractivity contribution in [1.82, 2.24) is 15.5 Å². The summed E-state index contributed by atoms with van der Waals surface area (Å²) in [4.78, 5) is 30.6. The number of hydrogen-bond donors (Lipinski definition) is 2. The molecule has 2 amide bonds. The number of alkyl carbamates (subject to hydrolysis) is 1. The molecule has 0 aromatic carbocycles. The zero-order valence-electron chi connectivity index (χ0n) is 13.8. The maximum absolute atomic E-state index is 12.9. The van der Waals surface area contributed by atoms with Gasteiger partial charge in [-0.05, 0) is 18.8 Å². The maximum Gasteiger partial charge on any atom is 0.407 e. The van der Waals surface area contributed by atoms with Gasteiger partial charge in [-0.1, -0.05) is 19.8 Å². The van der Waals surface area contributed by atoms with Crippen LogP contribution < -0.4 is 10.6 Å². The zero-order chi connectivity index (χ0) is 17.0. The highest BCUT2D eigenvalue weighted by atomic mass is 16.5. The minimum atomic E-state index is -0.617. The molecule has 0 bridgehead atoms. The predicted molar refractivity (Wildman–Crippen MR) is 87.0 cm³/mol. The average molecular weight is 320 g/mol. The summed E-state index contributed by atoms with van der Waals surface area (Å²) < 4.78 is 4.62. The van der Waals surface area contributed by atoms with Crippen LogP contribution in [0.15, 0.2) is 4.99 Å². The standard InChI is InChI=1S/C16H24N4O3/c1-5-11-9-17-14(18-11)12-7-6-8-20(12)15(21)13(10(2)3)19-16(22)23-4/h1,10-13H,6-9H2,2-4H3,(H,17,18)(H,19,22)/t11?,12-,13-/m0/s1. The van der Waals surface area contributed by atoms with Gasteiger partial charge in [0.1, 0.15) is 17.9 Å². The van der Waals surface area contributed by atoms with E-state index in [-0.39, 0.29) is 23.9 Å². The summed E-state index contributed by atoms with van der Waals surface area (Å²) in [5, 5.41) is 5.82. The fourth-order valence-corrected chi connectivity index (χ4v) is 2.95. The van der Waals surface area contributed by atoms with Crippen LogP contribution in [0.25, 0.3) is 0 Å². The third-order valence-electron chi connectivity index (χ3n) is 4.21. The molecule has 2 heterocycles. The zero-order valence-corrected chi connectivity index (χ0v) is 13.8. The molecule has 2 rings (SSSR count). The number of ether oxygens (including phenoxy) is 1. The summed E-state index contributed by atoms with van der Waals surface area (Å²) in [5.74, 6) is 3.26. The molecule has 0 aromatic rings. The molecule has 0 aromatic heterocycles. The van der Waals surface area contributed by atoms with Crippen LogP contribution in [0.4, 0.5) is 4.79 Å². The van der Waals surface area contributed by atoms with E-state index in [0.717, 1.165) is 18.7 Å². The van der Waals surface area contributed by atoms with E-state index < -0.39 is 12.1 Å². The van der Waals surface area contributed by atoms with Gasteiger partial charge < -0.3 is 20.3 Å². The van der Waals surface area contributed by atoms with Gasteiger partial charge in [0.2, 0.25) is 5.91 Å². The third kappa shape index (κ3) is 3.76. The van der Waals surface area contributed by atoms with Crippen molar-refractivity contribution in [1.29, 1.82) is 0 Å². The number of amides is 2. The first-order valence-corrected chi connectivity index (χ1v) is 7.90. The second-order valence-corrected chi connectivity index (χ2v) is 6.14. The first-order valence-electron chi connectivity index (χ1n) is 7.90. The normalized spacial score (nSPS) is 24.7. The van der Waals surface area contributed by atoms with Crippen molar-refractivity contribution in [2.75, 3.05) is 20.2 Å². The van der Waals surface area contributed by atoms with Crippen LogP contribution >= 0.6 is 0 Å². The Bertz CT molecular complexity index is 538. The highest BCUT2D eigenvalue weighted by molar-refractivity contribution is 5.95. The number of terminal acetylenes is 1. The number of amidine groups is 1. The average Bonchev–Trinajstić information content (AvgIpc) is 3.19. The molecule has 1 unspecified atom stereocenters. The molecule has 0 saturated carbocycles. The minimum Gasteiger partial charge on any atom is -0.453 e. The smallest absolute Gasteiger partial charge is 0.407 e. The molecule has 23 heavy (non-hydrogen) atoms. The number of likely N-dealkylation sites (tertiary alicyclic amines) is 1. The fourth-order valence-electron chi connectivity index (χ4n) is 2.95. The van der Waals surface area contributed by atoms with Gasteiger partial charge >= 0.3 is 6.09 Å². The number of carbonyl (C=O) groups excluding carboxylic acids is 2. The number of aliphatic imine (C=N–C) groups is 1. The SMILES string of the molecule is C#CC1CN=C([C@@H]2CCCN2C(=O)[C@@H](NC(=O)OC)C(C)C)N1. The highest BCUT2D eigenvalue weighted by Crippen LogP contribution is 2.22. The molecular formula is C16H24N4O3. The Kier molecular flexibility index (Phi) is 5.48. The molecule has 1 saturated heterocycles. The third-order valence-corrected chi connectivity index (χ3v) is 4.21. The topological polar surface area (TPSA) is 83.0 Å². The molecule has 0 radical (unpaired) electrons. The summed E-state index contributed by atoms with van der Waals surface area (Å²) in [6, 6.07) is -0.813. The van der Waals surface area contributed by atoms with Crippen molar-refractivity contribution < 1.29 is 14.3 Å². The Morgan fingerprint density at radius 1 is 1.52 bits per heavy atom. The van der Waals surface area contributed by atoms with Gasteiger partial charge in [-0.3, -0.25) is 9.79 Å². The van der Waals surface area contributed by atoms with E-state index in [0.29, 0.717) is 13.1 Å². The Balaban J connectivity index is 2.10. The molecule has 1 fully saturated rings. The molecule has 2 N–H and O–H groups in total. The Morgan fingerprint density at radius 3 is 2.83 bits per heavy atom. The van der Waals surface area contributed by atoms with Crippen LogP contribution in [0.1, 0.15) is 26.7 Å². The predicted octanol–water partition coefficient (Wildman–Crippen LogP) is 0.362. The van der Waals surface area contributed by atoms with Crippen LogP contribution in [0.5, 0.6) is 0 Å². The lowest BCUT2D eigenvalue weighted by atomic mass is 10.0. The molecule has 2 aliphatic rings. The lowest BCUT2D eigenvalue weighted by Gasteiger charge is -2.31. The van der Waals surface area contributed by atoms with Crippen LogP contribution in [0, 0.1) is 18.3 Å². The molecule has 2 aliphatic heterocycles. The van der Waals surface area contributed by atoms with Crippen LogP contribution in [0.2, 0.25) is 0 Å². The van der Waals surface area contributed by atoms with Crippen LogP contribution in [-0.2, 0) is 9.53 Å². The molecule has 3 atom stereocenters. The fraction of sp³-hybridized carbons (Fsp3) is 0.688. The summed E-state index contributed by atoms with van der Waals surface area (Å²) in [6.07, 6.45) is 6.57. The second-order valence-electron chi connectivity index (χ2n) is 6.14. The minimum absolute atomic E-state index is 0.0419. The van der Waals surface area contributed by atoms with Crippen molar-refractivity contribution in [2.45, 2.75) is 44.8 Å². The van der Waals surface area contributed by atoms with Gasteiger partial charge in [0, 0.05) is 6.54 Å². The Labute approximate surface area is 136 Å². The Hall–Kier alpha value is -2.23. The van der Waals surface area contributed by atoms with Crippen LogP contribution in [0.3, 0.4) is 0 Å². The summed E-state index contributed by atoms with van der Waals surface area (Å²) >= 11 is 0. The van der Waals surface area contributed by atoms with Crippen LogP contribution in [-0.4, -0.2) is 61.1 Å². The maximum atomic E-state index is 12.9. The van der Waals surface area contributed by atoms with Gasteiger partial charge in [-0.25, -0.2) is 4.79 Å². The highest BCUT2D eigenvalue weighted by Gasteiger charge is 2.39. The molecule has 126 valence electrons. The van der Waals surface area contributed by atoms with Gasteiger partial charge in [0.15, 0.2) is 0 Å². The molecular weight excluding hydrogens is 296 g/mol. The van der Waals surface area contributed by atoms with E-state index in [1.807, 2.05) is 13.8 Å². The van der Waals surface area contributed by atoms with E-state index in [2.05, 4.69) is 26.3 Å². The lowest BCUT2D eigenvalue weighted by molar-refractivity contribution is -0.134. The van der Waals surface area contributed by atoms with E-state index in [9.17, 15) is 9.59 Å². The van der Waals surface area contributed by atoms with Gasteiger partial charge in [-0.15, -0.1) is 6.42 Å². The molecule has 7 heteroatoms. The number of nitrogens with one attached hydrogen (secondary N) is 2. The number of nitrogens with zero attached hydrogens (tertiary/aromatic N) is 2. The summed E-state index contributed by atoms with van der Waals surface area (Å²) in [6.45, 7) is 4.97. The second kappa shape index (κ2) is 7.36. The van der Waals surface area contributed by atoms with Gasteiger partial charge in [0.05, 0.1) is 19.7 Å². The largest absolute Gasteiger partial charge is 0.453 e. The number of hydrogen-bond acceptors (Lipinski definition) is 5. The van der Waals surface area contributed by atoms with Crippen molar-refractivity contribution in [3.63, 3.8) is 0 Å². The molecule has 0 aliphatic carbocycles. The van der Waals surface area contributed by atoms with Crippen molar-refractivity contribution in [2.24, 2.45) is 10.9 Å². The molecule has 0 spiro atoms. The van der Waals surface area contributed by atoms with Crippen molar-refractivity contribution >= 4 is 17.8 Å². The van der Waals surface area contributed by atoms with E-state index in [4.69, 9.17) is 6.42 Å². The molecule has 7 nitrogen and oxygen atoms in total. The first kappa shape index (κ1) is 17.1.